The topological polar surface area (TPSA) is 0 Å². The van der Waals surface area contributed by atoms with Crippen LogP contribution in [0.15, 0.2) is 11.6 Å². The first-order valence-electron chi connectivity index (χ1n) is 2.57. The van der Waals surface area contributed by atoms with E-state index in [9.17, 15) is 0 Å². The van der Waals surface area contributed by atoms with Gasteiger partial charge in [-0.15, -0.1) is 0 Å². The third-order valence-electron chi connectivity index (χ3n) is 0.596. The Bertz CT molecular complexity index is 64.1. The van der Waals surface area contributed by atoms with Gasteiger partial charge in [-0.3, -0.25) is 0 Å². The zero-order chi connectivity index (χ0) is 5.86. The molecule has 0 nitrogen and oxygen atoms in total. The lowest BCUT2D eigenvalue weighted by Gasteiger charge is -1.92. The standard InChI is InChI=1S/C7H12/c1-6(2)5-7(3)4/h1,5,7H,2-4H3. The normalized spacial score (nSPS) is 13.0. The van der Waals surface area contributed by atoms with Crippen molar-refractivity contribution < 1.29 is 0 Å². The van der Waals surface area contributed by atoms with E-state index in [0.29, 0.717) is 5.92 Å². The van der Waals surface area contributed by atoms with Crippen LogP contribution in [0.5, 0.6) is 0 Å². The summed E-state index contributed by atoms with van der Waals surface area (Å²) in [6.45, 7) is 11.5. The maximum Gasteiger partial charge on any atom is -0.00629 e. The highest BCUT2D eigenvalue weighted by Crippen LogP contribution is 1.97. The van der Waals surface area contributed by atoms with Crippen LogP contribution >= 0.6 is 0 Å². The molecule has 0 bridgehead atoms. The lowest BCUT2D eigenvalue weighted by atomic mass is 10.1. The Balaban J connectivity index is 3.45. The molecule has 0 aliphatic heterocycles. The van der Waals surface area contributed by atoms with Gasteiger partial charge in [0.25, 0.3) is 0 Å². The van der Waals surface area contributed by atoms with E-state index in [4.69, 9.17) is 6.92 Å². The first-order valence-corrected chi connectivity index (χ1v) is 2.57. The number of hydrogen-bond donors (Lipinski definition) is 0. The zero-order valence-electron chi connectivity index (χ0n) is 5.23. The van der Waals surface area contributed by atoms with Crippen molar-refractivity contribution in [2.75, 3.05) is 0 Å². The minimum Gasteiger partial charge on any atom is -0.0827 e. The monoisotopic (exact) mass is 96.1 g/mol. The molecule has 0 amide bonds. The quantitative estimate of drug-likeness (QED) is 0.470. The second-order valence-corrected chi connectivity index (χ2v) is 2.15. The summed E-state index contributed by atoms with van der Waals surface area (Å²) in [7, 11) is 0. The Hall–Kier alpha value is -0.260. The SMILES string of the molecule is [CH]C(C)=CC(C)C. The second kappa shape index (κ2) is 2.84. The van der Waals surface area contributed by atoms with E-state index in [1.54, 1.807) is 0 Å². The fourth-order valence-electron chi connectivity index (χ4n) is 0.526. The molecule has 0 N–H and O–H groups in total. The van der Waals surface area contributed by atoms with E-state index in [2.05, 4.69) is 13.8 Å². The van der Waals surface area contributed by atoms with Crippen molar-refractivity contribution in [2.24, 2.45) is 5.92 Å². The van der Waals surface area contributed by atoms with Crippen LogP contribution in [0.3, 0.4) is 0 Å². The molecule has 7 heavy (non-hydrogen) atoms. The molecular formula is C7H12. The summed E-state index contributed by atoms with van der Waals surface area (Å²) < 4.78 is 0. The van der Waals surface area contributed by atoms with Crippen molar-refractivity contribution in [1.29, 1.82) is 0 Å². The van der Waals surface area contributed by atoms with Crippen molar-refractivity contribution in [3.05, 3.63) is 18.6 Å². The van der Waals surface area contributed by atoms with Crippen LogP contribution in [0, 0.1) is 12.8 Å². The highest BCUT2D eigenvalue weighted by molar-refractivity contribution is 5.01. The average Bonchev–Trinajstić information content (AvgIpc) is 1.27. The molecule has 0 aromatic heterocycles. The maximum absolute atomic E-state index is 5.35. The minimum atomic E-state index is 0.588. The molecule has 0 rings (SSSR count). The Kier molecular flexibility index (Phi) is 2.73. The van der Waals surface area contributed by atoms with Gasteiger partial charge in [-0.25, -0.2) is 0 Å². The van der Waals surface area contributed by atoms with E-state index in [1.165, 1.54) is 0 Å². The molecule has 0 heterocycles. The largest absolute Gasteiger partial charge is 0.0827 e. The van der Waals surface area contributed by atoms with Gasteiger partial charge in [-0.05, 0) is 19.8 Å². The summed E-state index contributed by atoms with van der Waals surface area (Å²) in [5.41, 5.74) is 0.912. The van der Waals surface area contributed by atoms with Crippen LogP contribution in [-0.2, 0) is 0 Å². The van der Waals surface area contributed by atoms with Gasteiger partial charge < -0.3 is 0 Å². The van der Waals surface area contributed by atoms with Gasteiger partial charge in [0, 0.05) is 0 Å². The van der Waals surface area contributed by atoms with Crippen molar-refractivity contribution in [1.82, 2.24) is 0 Å². The van der Waals surface area contributed by atoms with E-state index in [1.807, 2.05) is 13.0 Å². The van der Waals surface area contributed by atoms with E-state index in [-0.39, 0.29) is 0 Å². The molecule has 0 saturated heterocycles. The average molecular weight is 96.2 g/mol. The Labute approximate surface area is 46.2 Å². The summed E-state index contributed by atoms with van der Waals surface area (Å²) in [6.07, 6.45) is 2.03. The van der Waals surface area contributed by atoms with Crippen LogP contribution in [0.4, 0.5) is 0 Å². The Morgan fingerprint density at radius 2 is 2.00 bits per heavy atom. The molecule has 0 aromatic rings. The zero-order valence-corrected chi connectivity index (χ0v) is 5.23. The van der Waals surface area contributed by atoms with Gasteiger partial charge in [0.2, 0.25) is 0 Å². The maximum atomic E-state index is 5.35. The fraction of sp³-hybridized carbons (Fsp3) is 0.571. The van der Waals surface area contributed by atoms with Crippen LogP contribution in [0.1, 0.15) is 20.8 Å². The lowest BCUT2D eigenvalue weighted by molar-refractivity contribution is 0.825. The van der Waals surface area contributed by atoms with Crippen molar-refractivity contribution >= 4 is 0 Å². The van der Waals surface area contributed by atoms with Gasteiger partial charge in [0.15, 0.2) is 0 Å². The summed E-state index contributed by atoms with van der Waals surface area (Å²) in [4.78, 5) is 0. The number of hydrogen-bond acceptors (Lipinski definition) is 0. The Morgan fingerprint density at radius 3 is 2.00 bits per heavy atom. The van der Waals surface area contributed by atoms with E-state index >= 15 is 0 Å². The first-order chi connectivity index (χ1) is 3.13. The fourth-order valence-corrected chi connectivity index (χ4v) is 0.526. The molecule has 0 aliphatic carbocycles. The van der Waals surface area contributed by atoms with Crippen LogP contribution < -0.4 is 0 Å². The van der Waals surface area contributed by atoms with Crippen molar-refractivity contribution in [2.45, 2.75) is 20.8 Å². The van der Waals surface area contributed by atoms with Crippen LogP contribution in [0.2, 0.25) is 0 Å². The molecule has 0 saturated carbocycles. The van der Waals surface area contributed by atoms with Gasteiger partial charge in [0.1, 0.15) is 0 Å². The predicted octanol–water partition coefficient (Wildman–Crippen LogP) is 2.30. The van der Waals surface area contributed by atoms with Crippen molar-refractivity contribution in [3.63, 3.8) is 0 Å². The number of allylic oxidation sites excluding steroid dienone is 2. The van der Waals surface area contributed by atoms with Crippen LogP contribution in [0.25, 0.3) is 0 Å². The summed E-state index contributed by atoms with van der Waals surface area (Å²) in [5, 5.41) is 0. The minimum absolute atomic E-state index is 0.588. The summed E-state index contributed by atoms with van der Waals surface area (Å²) in [6, 6.07) is 0. The first kappa shape index (κ1) is 6.74. The molecule has 2 radical (unpaired) electrons. The third-order valence-corrected chi connectivity index (χ3v) is 0.596. The van der Waals surface area contributed by atoms with Crippen molar-refractivity contribution in [3.8, 4) is 0 Å². The van der Waals surface area contributed by atoms with E-state index in [0.717, 1.165) is 5.57 Å². The third kappa shape index (κ3) is 5.74. The van der Waals surface area contributed by atoms with Gasteiger partial charge in [0.05, 0.1) is 0 Å². The Morgan fingerprint density at radius 1 is 1.57 bits per heavy atom. The predicted molar refractivity (Wildman–Crippen MR) is 32.9 cm³/mol. The molecular weight excluding hydrogens is 84.1 g/mol. The smallest absolute Gasteiger partial charge is 0.00629 e. The molecule has 0 heteroatoms. The lowest BCUT2D eigenvalue weighted by Crippen LogP contribution is -1.78. The van der Waals surface area contributed by atoms with Gasteiger partial charge in [-0.2, -0.15) is 0 Å². The van der Waals surface area contributed by atoms with Gasteiger partial charge >= 0.3 is 0 Å². The molecule has 0 unspecified atom stereocenters. The van der Waals surface area contributed by atoms with Gasteiger partial charge in [-0.1, -0.05) is 25.5 Å². The number of rotatable bonds is 1. The summed E-state index contributed by atoms with van der Waals surface area (Å²) >= 11 is 0. The van der Waals surface area contributed by atoms with E-state index < -0.39 is 0 Å². The van der Waals surface area contributed by atoms with Crippen LogP contribution in [-0.4, -0.2) is 0 Å². The molecule has 0 atom stereocenters. The molecule has 0 spiro atoms. The molecule has 0 aliphatic rings. The molecule has 0 fully saturated rings. The molecule has 40 valence electrons. The molecule has 0 aromatic carbocycles. The summed E-state index contributed by atoms with van der Waals surface area (Å²) in [5.74, 6) is 0.588. The second-order valence-electron chi connectivity index (χ2n) is 2.15. The highest BCUT2D eigenvalue weighted by Gasteiger charge is 1.82. The highest BCUT2D eigenvalue weighted by atomic mass is 13.9.